The van der Waals surface area contributed by atoms with Crippen LogP contribution in [0.1, 0.15) is 26.7 Å². The summed E-state index contributed by atoms with van der Waals surface area (Å²) in [7, 11) is 0. The molecule has 0 saturated carbocycles. The summed E-state index contributed by atoms with van der Waals surface area (Å²) in [5.41, 5.74) is 1.69. The molecule has 1 aromatic carbocycles. The Morgan fingerprint density at radius 1 is 1.33 bits per heavy atom. The van der Waals surface area contributed by atoms with E-state index in [1.54, 1.807) is 0 Å². The van der Waals surface area contributed by atoms with Crippen LogP contribution in [-0.2, 0) is 9.59 Å². The summed E-state index contributed by atoms with van der Waals surface area (Å²) in [4.78, 5) is 25.8. The van der Waals surface area contributed by atoms with Crippen molar-refractivity contribution in [3.05, 3.63) is 24.3 Å². The number of hydrogen-bond donors (Lipinski definition) is 2. The molecule has 0 radical (unpaired) electrons. The Morgan fingerprint density at radius 2 is 2.05 bits per heavy atom. The molecule has 1 fully saturated rings. The lowest BCUT2D eigenvalue weighted by Crippen LogP contribution is -2.48. The number of hydrogen-bond acceptors (Lipinski definition) is 3. The lowest BCUT2D eigenvalue weighted by Gasteiger charge is -2.30. The van der Waals surface area contributed by atoms with Crippen LogP contribution in [0.5, 0.6) is 0 Å². The van der Waals surface area contributed by atoms with Crippen LogP contribution in [-0.4, -0.2) is 31.4 Å². The Hall–Kier alpha value is -2.04. The molecule has 0 spiro atoms. The van der Waals surface area contributed by atoms with Crippen LogP contribution in [0.2, 0.25) is 0 Å². The molecule has 0 unspecified atom stereocenters. The molecule has 2 amide bonds. The van der Waals surface area contributed by atoms with Crippen LogP contribution >= 0.6 is 0 Å². The summed E-state index contributed by atoms with van der Waals surface area (Å²) in [5, 5.41) is 5.82. The maximum atomic E-state index is 12.3. The Labute approximate surface area is 125 Å². The highest BCUT2D eigenvalue weighted by Crippen LogP contribution is 2.27. The Balaban J connectivity index is 2.16. The fourth-order valence-electron chi connectivity index (χ4n) is 2.59. The molecule has 1 heterocycles. The average Bonchev–Trinajstić information content (AvgIpc) is 2.49. The van der Waals surface area contributed by atoms with E-state index >= 15 is 0 Å². The van der Waals surface area contributed by atoms with Crippen molar-refractivity contribution in [1.82, 2.24) is 5.32 Å². The minimum Gasteiger partial charge on any atom is -0.359 e. The van der Waals surface area contributed by atoms with Gasteiger partial charge in [0.1, 0.15) is 0 Å². The van der Waals surface area contributed by atoms with Crippen LogP contribution in [0, 0.1) is 5.92 Å². The van der Waals surface area contributed by atoms with E-state index in [0.717, 1.165) is 30.8 Å². The number of nitrogens with one attached hydrogen (secondary N) is 2. The van der Waals surface area contributed by atoms with Gasteiger partial charge in [0.15, 0.2) is 0 Å². The molecule has 1 saturated heterocycles. The van der Waals surface area contributed by atoms with Crippen molar-refractivity contribution in [3.8, 4) is 0 Å². The SMILES string of the molecule is CCC(CC)C(=O)Nc1ccccc1N1CCNC(=O)C1. The molecule has 5 nitrogen and oxygen atoms in total. The van der Waals surface area contributed by atoms with Gasteiger partial charge in [0.25, 0.3) is 0 Å². The third-order valence-electron chi connectivity index (χ3n) is 3.90. The van der Waals surface area contributed by atoms with Crippen LogP contribution in [0.15, 0.2) is 24.3 Å². The van der Waals surface area contributed by atoms with Gasteiger partial charge in [-0.25, -0.2) is 0 Å². The highest BCUT2D eigenvalue weighted by atomic mass is 16.2. The third kappa shape index (κ3) is 3.74. The van der Waals surface area contributed by atoms with E-state index in [2.05, 4.69) is 10.6 Å². The summed E-state index contributed by atoms with van der Waals surface area (Å²) < 4.78 is 0. The van der Waals surface area contributed by atoms with E-state index in [-0.39, 0.29) is 17.7 Å². The van der Waals surface area contributed by atoms with Gasteiger partial charge >= 0.3 is 0 Å². The highest BCUT2D eigenvalue weighted by Gasteiger charge is 2.21. The van der Waals surface area contributed by atoms with E-state index in [9.17, 15) is 9.59 Å². The summed E-state index contributed by atoms with van der Waals surface area (Å²) >= 11 is 0. The molecule has 0 atom stereocenters. The molecule has 0 aliphatic carbocycles. The summed E-state index contributed by atoms with van der Waals surface area (Å²) in [6, 6.07) is 7.66. The van der Waals surface area contributed by atoms with E-state index in [1.807, 2.05) is 43.0 Å². The van der Waals surface area contributed by atoms with Gasteiger partial charge < -0.3 is 15.5 Å². The molecule has 5 heteroatoms. The molecular formula is C16H23N3O2. The van der Waals surface area contributed by atoms with Gasteiger partial charge in [0.2, 0.25) is 11.8 Å². The van der Waals surface area contributed by atoms with E-state index < -0.39 is 0 Å². The van der Waals surface area contributed by atoms with Crippen molar-refractivity contribution in [2.24, 2.45) is 5.92 Å². The van der Waals surface area contributed by atoms with Crippen molar-refractivity contribution in [3.63, 3.8) is 0 Å². The maximum Gasteiger partial charge on any atom is 0.239 e. The number of para-hydroxylation sites is 2. The standard InChI is InChI=1S/C16H23N3O2/c1-3-12(4-2)16(21)18-13-7-5-6-8-14(13)19-10-9-17-15(20)11-19/h5-8,12H,3-4,9-11H2,1-2H3,(H,17,20)(H,18,21). The first-order chi connectivity index (χ1) is 10.2. The van der Waals surface area contributed by atoms with Crippen LogP contribution in [0.4, 0.5) is 11.4 Å². The zero-order chi connectivity index (χ0) is 15.2. The Morgan fingerprint density at radius 3 is 2.71 bits per heavy atom. The van der Waals surface area contributed by atoms with Crippen LogP contribution < -0.4 is 15.5 Å². The second-order valence-corrected chi connectivity index (χ2v) is 5.29. The van der Waals surface area contributed by atoms with Crippen molar-refractivity contribution in [2.75, 3.05) is 29.9 Å². The average molecular weight is 289 g/mol. The molecule has 2 rings (SSSR count). The number of amides is 2. The van der Waals surface area contributed by atoms with Crippen molar-refractivity contribution in [2.45, 2.75) is 26.7 Å². The monoisotopic (exact) mass is 289 g/mol. The van der Waals surface area contributed by atoms with E-state index in [1.165, 1.54) is 0 Å². The second-order valence-electron chi connectivity index (χ2n) is 5.29. The number of piperazine rings is 1. The van der Waals surface area contributed by atoms with Gasteiger partial charge in [-0.15, -0.1) is 0 Å². The first-order valence-corrected chi connectivity index (χ1v) is 7.57. The van der Waals surface area contributed by atoms with Gasteiger partial charge in [-0.2, -0.15) is 0 Å². The van der Waals surface area contributed by atoms with Gasteiger partial charge in [0, 0.05) is 19.0 Å². The number of rotatable bonds is 5. The van der Waals surface area contributed by atoms with Crippen molar-refractivity contribution < 1.29 is 9.59 Å². The predicted molar refractivity (Wildman–Crippen MR) is 84.4 cm³/mol. The molecule has 1 aromatic rings. The zero-order valence-corrected chi connectivity index (χ0v) is 12.7. The van der Waals surface area contributed by atoms with Crippen molar-refractivity contribution in [1.29, 1.82) is 0 Å². The van der Waals surface area contributed by atoms with Crippen LogP contribution in [0.3, 0.4) is 0 Å². The summed E-state index contributed by atoms with van der Waals surface area (Å²) in [5.74, 6) is 0.0963. The predicted octanol–water partition coefficient (Wildman–Crippen LogP) is 2.00. The van der Waals surface area contributed by atoms with Crippen molar-refractivity contribution >= 4 is 23.2 Å². The van der Waals surface area contributed by atoms with Crippen LogP contribution in [0.25, 0.3) is 0 Å². The smallest absolute Gasteiger partial charge is 0.239 e. The quantitative estimate of drug-likeness (QED) is 0.871. The number of nitrogens with zero attached hydrogens (tertiary/aromatic N) is 1. The van der Waals surface area contributed by atoms with Gasteiger partial charge in [-0.3, -0.25) is 9.59 Å². The Bertz CT molecular complexity index is 512. The topological polar surface area (TPSA) is 61.4 Å². The second kappa shape index (κ2) is 7.11. The summed E-state index contributed by atoms with van der Waals surface area (Å²) in [6.45, 7) is 5.76. The molecule has 0 bridgehead atoms. The number of carbonyl (C=O) groups excluding carboxylic acids is 2. The summed E-state index contributed by atoms with van der Waals surface area (Å²) in [6.07, 6.45) is 1.66. The number of anilines is 2. The molecule has 114 valence electrons. The molecule has 2 N–H and O–H groups in total. The van der Waals surface area contributed by atoms with E-state index in [0.29, 0.717) is 13.1 Å². The minimum atomic E-state index is 0.0161. The number of carbonyl (C=O) groups is 2. The maximum absolute atomic E-state index is 12.3. The zero-order valence-electron chi connectivity index (χ0n) is 12.7. The lowest BCUT2D eigenvalue weighted by atomic mass is 10.0. The highest BCUT2D eigenvalue weighted by molar-refractivity contribution is 5.96. The first-order valence-electron chi connectivity index (χ1n) is 7.57. The molecular weight excluding hydrogens is 266 g/mol. The fraction of sp³-hybridized carbons (Fsp3) is 0.500. The molecule has 21 heavy (non-hydrogen) atoms. The third-order valence-corrected chi connectivity index (χ3v) is 3.90. The minimum absolute atomic E-state index is 0.0161. The largest absolute Gasteiger partial charge is 0.359 e. The molecule has 0 aromatic heterocycles. The molecule has 1 aliphatic rings. The van der Waals surface area contributed by atoms with Gasteiger partial charge in [-0.05, 0) is 25.0 Å². The lowest BCUT2D eigenvalue weighted by molar-refractivity contribution is -0.120. The molecule has 1 aliphatic heterocycles. The van der Waals surface area contributed by atoms with E-state index in [4.69, 9.17) is 0 Å². The first kappa shape index (κ1) is 15.4. The fourth-order valence-corrected chi connectivity index (χ4v) is 2.59. The normalized spacial score (nSPS) is 15.0. The number of benzene rings is 1. The Kier molecular flexibility index (Phi) is 5.20. The van der Waals surface area contributed by atoms with Gasteiger partial charge in [-0.1, -0.05) is 26.0 Å². The van der Waals surface area contributed by atoms with Gasteiger partial charge in [0.05, 0.1) is 17.9 Å².